The first-order chi connectivity index (χ1) is 6.29. The highest BCUT2D eigenvalue weighted by atomic mass is 19.4. The van der Waals surface area contributed by atoms with E-state index in [9.17, 15) is 18.0 Å². The summed E-state index contributed by atoms with van der Waals surface area (Å²) in [4.78, 5) is 11.1. The van der Waals surface area contributed by atoms with Crippen molar-refractivity contribution in [2.24, 2.45) is 0 Å². The monoisotopic (exact) mass is 205 g/mol. The van der Waals surface area contributed by atoms with Crippen molar-refractivity contribution < 1.29 is 13.2 Å². The minimum atomic E-state index is -4.26. The summed E-state index contributed by atoms with van der Waals surface area (Å²) in [6, 6.07) is 1.21. The molecule has 0 N–H and O–H groups in total. The standard InChI is InChI=1S/C9H10F3NO/c1-6-4-13(5-9(10,11)12)7(2)3-8(6)14/h3-4H,5H2,1-2H3. The van der Waals surface area contributed by atoms with Crippen LogP contribution in [-0.4, -0.2) is 10.7 Å². The van der Waals surface area contributed by atoms with Crippen molar-refractivity contribution in [1.29, 1.82) is 0 Å². The molecule has 1 aromatic heterocycles. The molecule has 78 valence electrons. The second kappa shape index (κ2) is 3.48. The van der Waals surface area contributed by atoms with Gasteiger partial charge in [-0.3, -0.25) is 4.79 Å². The molecule has 5 heteroatoms. The van der Waals surface area contributed by atoms with Gasteiger partial charge >= 0.3 is 6.18 Å². The number of aryl methyl sites for hydroxylation is 2. The summed E-state index contributed by atoms with van der Waals surface area (Å²) in [6.07, 6.45) is -3.03. The van der Waals surface area contributed by atoms with Crippen molar-refractivity contribution in [2.45, 2.75) is 26.6 Å². The smallest absolute Gasteiger partial charge is 0.342 e. The predicted octanol–water partition coefficient (Wildman–Crippen LogP) is 2.03. The van der Waals surface area contributed by atoms with Gasteiger partial charge in [0.1, 0.15) is 6.54 Å². The van der Waals surface area contributed by atoms with E-state index in [1.165, 1.54) is 26.1 Å². The fourth-order valence-corrected chi connectivity index (χ4v) is 1.15. The third kappa shape index (κ3) is 2.61. The minimum absolute atomic E-state index is 0.235. The Bertz CT molecular complexity index is 392. The molecule has 0 radical (unpaired) electrons. The molecular weight excluding hydrogens is 195 g/mol. The Morgan fingerprint density at radius 3 is 2.43 bits per heavy atom. The zero-order chi connectivity index (χ0) is 10.9. The SMILES string of the molecule is Cc1cn(CC(F)(F)F)c(C)cc1=O. The number of alkyl halides is 3. The molecule has 0 unspecified atom stereocenters. The molecule has 1 aromatic rings. The van der Waals surface area contributed by atoms with Crippen LogP contribution in [0.25, 0.3) is 0 Å². The molecule has 1 rings (SSSR count). The van der Waals surface area contributed by atoms with Crippen LogP contribution in [0.2, 0.25) is 0 Å². The maximum atomic E-state index is 12.1. The lowest BCUT2D eigenvalue weighted by Gasteiger charge is -2.13. The van der Waals surface area contributed by atoms with Gasteiger partial charge in [0.15, 0.2) is 5.43 Å². The Balaban J connectivity index is 3.11. The van der Waals surface area contributed by atoms with Gasteiger partial charge in [-0.05, 0) is 13.8 Å². The van der Waals surface area contributed by atoms with E-state index in [1.807, 2.05) is 0 Å². The van der Waals surface area contributed by atoms with Crippen LogP contribution < -0.4 is 5.43 Å². The molecule has 14 heavy (non-hydrogen) atoms. The van der Waals surface area contributed by atoms with Gasteiger partial charge in [0.2, 0.25) is 0 Å². The summed E-state index contributed by atoms with van der Waals surface area (Å²) >= 11 is 0. The second-order valence-electron chi connectivity index (χ2n) is 3.21. The molecule has 1 heterocycles. The molecule has 0 aliphatic carbocycles. The lowest BCUT2D eigenvalue weighted by Crippen LogP contribution is -2.21. The first-order valence-corrected chi connectivity index (χ1v) is 4.04. The van der Waals surface area contributed by atoms with Crippen LogP contribution in [-0.2, 0) is 6.54 Å². The highest BCUT2D eigenvalue weighted by molar-refractivity contribution is 5.13. The average Bonchev–Trinajstić information content (AvgIpc) is 1.97. The summed E-state index contributed by atoms with van der Waals surface area (Å²) < 4.78 is 37.2. The summed E-state index contributed by atoms with van der Waals surface area (Å²) in [5.74, 6) is 0. The number of rotatable bonds is 1. The van der Waals surface area contributed by atoms with Gasteiger partial charge in [0.25, 0.3) is 0 Å². The van der Waals surface area contributed by atoms with E-state index >= 15 is 0 Å². The molecule has 0 saturated carbocycles. The third-order valence-electron chi connectivity index (χ3n) is 1.88. The lowest BCUT2D eigenvalue weighted by atomic mass is 10.2. The largest absolute Gasteiger partial charge is 0.406 e. The quantitative estimate of drug-likeness (QED) is 0.687. The molecule has 0 fully saturated rings. The number of aromatic nitrogens is 1. The van der Waals surface area contributed by atoms with Crippen LogP contribution >= 0.6 is 0 Å². The van der Waals surface area contributed by atoms with Crippen LogP contribution in [0.1, 0.15) is 11.3 Å². The fourth-order valence-electron chi connectivity index (χ4n) is 1.15. The predicted molar refractivity (Wildman–Crippen MR) is 46.2 cm³/mol. The van der Waals surface area contributed by atoms with Gasteiger partial charge in [-0.15, -0.1) is 0 Å². The van der Waals surface area contributed by atoms with Gasteiger partial charge in [-0.1, -0.05) is 0 Å². The van der Waals surface area contributed by atoms with E-state index in [4.69, 9.17) is 0 Å². The van der Waals surface area contributed by atoms with Crippen molar-refractivity contribution >= 4 is 0 Å². The zero-order valence-electron chi connectivity index (χ0n) is 7.85. The molecule has 0 aromatic carbocycles. The molecule has 0 aliphatic heterocycles. The van der Waals surface area contributed by atoms with Crippen molar-refractivity contribution in [3.8, 4) is 0 Å². The molecule has 0 bridgehead atoms. The Hall–Kier alpha value is -1.26. The van der Waals surface area contributed by atoms with Crippen LogP contribution in [0.3, 0.4) is 0 Å². The highest BCUT2D eigenvalue weighted by Gasteiger charge is 2.28. The highest BCUT2D eigenvalue weighted by Crippen LogP contribution is 2.18. The lowest BCUT2D eigenvalue weighted by molar-refractivity contribution is -0.141. The number of halogens is 3. The van der Waals surface area contributed by atoms with Gasteiger partial charge in [0, 0.05) is 23.5 Å². The van der Waals surface area contributed by atoms with Crippen LogP contribution in [0.4, 0.5) is 13.2 Å². The Morgan fingerprint density at radius 2 is 1.93 bits per heavy atom. The van der Waals surface area contributed by atoms with Gasteiger partial charge < -0.3 is 4.57 Å². The van der Waals surface area contributed by atoms with Crippen molar-refractivity contribution in [3.63, 3.8) is 0 Å². The third-order valence-corrected chi connectivity index (χ3v) is 1.88. The topological polar surface area (TPSA) is 22.0 Å². The van der Waals surface area contributed by atoms with Crippen molar-refractivity contribution in [2.75, 3.05) is 0 Å². The number of hydrogen-bond donors (Lipinski definition) is 0. The fraction of sp³-hybridized carbons (Fsp3) is 0.444. The normalized spacial score (nSPS) is 11.8. The van der Waals surface area contributed by atoms with Gasteiger partial charge in [0.05, 0.1) is 0 Å². The van der Waals surface area contributed by atoms with Crippen LogP contribution in [0.5, 0.6) is 0 Å². The van der Waals surface area contributed by atoms with Crippen molar-refractivity contribution in [1.82, 2.24) is 4.57 Å². The number of hydrogen-bond acceptors (Lipinski definition) is 1. The van der Waals surface area contributed by atoms with E-state index in [-0.39, 0.29) is 5.43 Å². The first kappa shape index (κ1) is 10.8. The van der Waals surface area contributed by atoms with Crippen molar-refractivity contribution in [3.05, 3.63) is 33.7 Å². The van der Waals surface area contributed by atoms with E-state index < -0.39 is 12.7 Å². The van der Waals surface area contributed by atoms with Gasteiger partial charge in [-0.25, -0.2) is 0 Å². The Morgan fingerprint density at radius 1 is 1.36 bits per heavy atom. The molecule has 2 nitrogen and oxygen atoms in total. The Kier molecular flexibility index (Phi) is 2.69. The zero-order valence-corrected chi connectivity index (χ0v) is 7.85. The Labute approximate surface area is 79.0 Å². The molecule has 0 spiro atoms. The van der Waals surface area contributed by atoms with E-state index in [2.05, 4.69) is 0 Å². The molecule has 0 saturated heterocycles. The molecule has 0 atom stereocenters. The van der Waals surface area contributed by atoms with E-state index in [0.29, 0.717) is 11.3 Å². The van der Waals surface area contributed by atoms with Gasteiger partial charge in [-0.2, -0.15) is 13.2 Å². The second-order valence-corrected chi connectivity index (χ2v) is 3.21. The summed E-state index contributed by atoms with van der Waals surface area (Å²) in [6.45, 7) is 1.92. The van der Waals surface area contributed by atoms with Crippen LogP contribution in [0, 0.1) is 13.8 Å². The summed E-state index contributed by atoms with van der Waals surface area (Å²) in [5, 5.41) is 0. The molecule has 0 aliphatic rings. The summed E-state index contributed by atoms with van der Waals surface area (Å²) in [5.41, 5.74) is 0.402. The minimum Gasteiger partial charge on any atom is -0.342 e. The van der Waals surface area contributed by atoms with Crippen LogP contribution in [0.15, 0.2) is 17.1 Å². The maximum Gasteiger partial charge on any atom is 0.406 e. The average molecular weight is 205 g/mol. The molecular formula is C9H10F3NO. The number of nitrogens with zero attached hydrogens (tertiary/aromatic N) is 1. The van der Waals surface area contributed by atoms with E-state index in [0.717, 1.165) is 4.57 Å². The number of pyridine rings is 1. The first-order valence-electron chi connectivity index (χ1n) is 4.04. The maximum absolute atomic E-state index is 12.1. The molecule has 0 amide bonds. The summed E-state index contributed by atoms with van der Waals surface area (Å²) in [7, 11) is 0. The van der Waals surface area contributed by atoms with E-state index in [1.54, 1.807) is 0 Å².